The predicted octanol–water partition coefficient (Wildman–Crippen LogP) is 0.567. The van der Waals surface area contributed by atoms with Crippen LogP contribution in [-0.4, -0.2) is 67.2 Å². The van der Waals surface area contributed by atoms with Crippen molar-refractivity contribution in [3.05, 3.63) is 30.1 Å². The molecule has 25 heavy (non-hydrogen) atoms. The van der Waals surface area contributed by atoms with Crippen molar-refractivity contribution in [3.8, 4) is 0 Å². The summed E-state index contributed by atoms with van der Waals surface area (Å²) < 4.78 is 5.84. The standard InChI is InChI=1S/C18H27N5O2/c1-19-18(22-15-11-14-6-7-16(15)25-14)21-12-17(24)23(2)10-8-13-5-3-4-9-20-13/h3-5,9,14-16H,6-8,10-12H2,1-2H3,(H2,19,21,22). The molecule has 2 N–H and O–H groups in total. The Morgan fingerprint density at radius 2 is 2.32 bits per heavy atom. The summed E-state index contributed by atoms with van der Waals surface area (Å²) in [5.41, 5.74) is 0.990. The van der Waals surface area contributed by atoms with E-state index < -0.39 is 0 Å². The number of aliphatic imine (C=N–C) groups is 1. The van der Waals surface area contributed by atoms with Crippen molar-refractivity contribution >= 4 is 11.9 Å². The molecule has 1 aromatic heterocycles. The fraction of sp³-hybridized carbons (Fsp3) is 0.611. The Kier molecular flexibility index (Phi) is 5.86. The van der Waals surface area contributed by atoms with Crippen molar-refractivity contribution in [2.45, 2.75) is 43.9 Å². The first kappa shape index (κ1) is 17.7. The van der Waals surface area contributed by atoms with Crippen molar-refractivity contribution in [1.29, 1.82) is 0 Å². The minimum atomic E-state index is 0.0306. The summed E-state index contributed by atoms with van der Waals surface area (Å²) in [6.07, 6.45) is 6.47. The van der Waals surface area contributed by atoms with Crippen LogP contribution in [0, 0.1) is 0 Å². The Labute approximate surface area is 148 Å². The number of amides is 1. The van der Waals surface area contributed by atoms with Crippen molar-refractivity contribution < 1.29 is 9.53 Å². The van der Waals surface area contributed by atoms with E-state index in [-0.39, 0.29) is 18.6 Å². The molecule has 2 aliphatic heterocycles. The minimum absolute atomic E-state index is 0.0306. The van der Waals surface area contributed by atoms with Crippen LogP contribution >= 0.6 is 0 Å². The fourth-order valence-electron chi connectivity index (χ4n) is 3.41. The van der Waals surface area contributed by atoms with E-state index in [4.69, 9.17) is 4.74 Å². The van der Waals surface area contributed by atoms with E-state index in [1.165, 1.54) is 0 Å². The number of aromatic nitrogens is 1. The van der Waals surface area contributed by atoms with Crippen LogP contribution in [0.3, 0.4) is 0 Å². The highest BCUT2D eigenvalue weighted by molar-refractivity contribution is 5.86. The third-order valence-corrected chi connectivity index (χ3v) is 4.91. The third-order valence-electron chi connectivity index (χ3n) is 4.91. The quantitative estimate of drug-likeness (QED) is 0.582. The number of rotatable bonds is 6. The smallest absolute Gasteiger partial charge is 0.241 e. The molecule has 0 saturated carbocycles. The zero-order valence-corrected chi connectivity index (χ0v) is 14.9. The Bertz CT molecular complexity index is 607. The van der Waals surface area contributed by atoms with Gasteiger partial charge in [0, 0.05) is 39.0 Å². The van der Waals surface area contributed by atoms with Gasteiger partial charge in [-0.15, -0.1) is 0 Å². The molecule has 2 aliphatic rings. The number of hydrogen-bond acceptors (Lipinski definition) is 4. The first-order chi connectivity index (χ1) is 12.2. The third kappa shape index (κ3) is 4.69. The second-order valence-corrected chi connectivity index (χ2v) is 6.67. The molecule has 3 rings (SSSR count). The van der Waals surface area contributed by atoms with Gasteiger partial charge in [-0.1, -0.05) is 6.07 Å². The molecular formula is C18H27N5O2. The van der Waals surface area contributed by atoms with Gasteiger partial charge in [0.15, 0.2) is 5.96 Å². The van der Waals surface area contributed by atoms with Gasteiger partial charge in [-0.25, -0.2) is 0 Å². The van der Waals surface area contributed by atoms with Gasteiger partial charge < -0.3 is 20.3 Å². The maximum absolute atomic E-state index is 12.3. The van der Waals surface area contributed by atoms with Gasteiger partial charge in [-0.2, -0.15) is 0 Å². The van der Waals surface area contributed by atoms with Crippen LogP contribution < -0.4 is 10.6 Å². The summed E-state index contributed by atoms with van der Waals surface area (Å²) >= 11 is 0. The highest BCUT2D eigenvalue weighted by Crippen LogP contribution is 2.34. The lowest BCUT2D eigenvalue weighted by Gasteiger charge is -2.23. The van der Waals surface area contributed by atoms with Gasteiger partial charge in [-0.3, -0.25) is 14.8 Å². The molecule has 2 saturated heterocycles. The van der Waals surface area contributed by atoms with E-state index in [0.29, 0.717) is 24.7 Å². The molecule has 0 spiro atoms. The summed E-state index contributed by atoms with van der Waals surface area (Å²) in [6, 6.07) is 6.12. The highest BCUT2D eigenvalue weighted by atomic mass is 16.5. The van der Waals surface area contributed by atoms with Crippen molar-refractivity contribution in [1.82, 2.24) is 20.5 Å². The van der Waals surface area contributed by atoms with Crippen molar-refractivity contribution in [3.63, 3.8) is 0 Å². The maximum Gasteiger partial charge on any atom is 0.241 e. The summed E-state index contributed by atoms with van der Waals surface area (Å²) in [6.45, 7) is 0.865. The lowest BCUT2D eigenvalue weighted by molar-refractivity contribution is -0.128. The normalized spacial score (nSPS) is 25.0. The number of nitrogens with zero attached hydrogens (tertiary/aromatic N) is 3. The molecule has 2 fully saturated rings. The molecule has 0 radical (unpaired) electrons. The molecule has 3 heterocycles. The van der Waals surface area contributed by atoms with Gasteiger partial charge >= 0.3 is 0 Å². The molecule has 1 aromatic rings. The zero-order chi connectivity index (χ0) is 17.6. The molecular weight excluding hydrogens is 318 g/mol. The summed E-state index contributed by atoms with van der Waals surface area (Å²) in [4.78, 5) is 22.5. The lowest BCUT2D eigenvalue weighted by atomic mass is 9.96. The van der Waals surface area contributed by atoms with Gasteiger partial charge in [-0.05, 0) is 31.4 Å². The molecule has 136 valence electrons. The summed E-state index contributed by atoms with van der Waals surface area (Å²) in [5, 5.41) is 6.49. The second-order valence-electron chi connectivity index (χ2n) is 6.67. The van der Waals surface area contributed by atoms with Crippen LogP contribution in [0.1, 0.15) is 25.0 Å². The first-order valence-electron chi connectivity index (χ1n) is 8.92. The highest BCUT2D eigenvalue weighted by Gasteiger charge is 2.41. The largest absolute Gasteiger partial charge is 0.373 e. The number of pyridine rings is 1. The number of likely N-dealkylation sites (N-methyl/N-ethyl adjacent to an activating group) is 1. The SMILES string of the molecule is CN=C(NCC(=O)N(C)CCc1ccccn1)NC1CC2CCC1O2. The molecule has 1 amide bonds. The molecule has 3 atom stereocenters. The Balaban J connectivity index is 1.39. The van der Waals surface area contributed by atoms with Crippen molar-refractivity contribution in [2.75, 3.05) is 27.2 Å². The van der Waals surface area contributed by atoms with Gasteiger partial charge in [0.2, 0.25) is 5.91 Å². The first-order valence-corrected chi connectivity index (χ1v) is 8.92. The number of hydrogen-bond donors (Lipinski definition) is 2. The number of fused-ring (bicyclic) bond motifs is 2. The van der Waals surface area contributed by atoms with E-state index in [0.717, 1.165) is 31.4 Å². The van der Waals surface area contributed by atoms with E-state index >= 15 is 0 Å². The molecule has 0 aromatic carbocycles. The zero-order valence-electron chi connectivity index (χ0n) is 14.9. The van der Waals surface area contributed by atoms with Gasteiger partial charge in [0.25, 0.3) is 0 Å². The number of carbonyl (C=O) groups excluding carboxylic acids is 1. The van der Waals surface area contributed by atoms with E-state index in [9.17, 15) is 4.79 Å². The Morgan fingerprint density at radius 1 is 1.44 bits per heavy atom. The van der Waals surface area contributed by atoms with Crippen LogP contribution in [0.2, 0.25) is 0 Å². The maximum atomic E-state index is 12.3. The predicted molar refractivity (Wildman–Crippen MR) is 96.4 cm³/mol. The van der Waals surface area contributed by atoms with Crippen LogP contribution in [0.15, 0.2) is 29.4 Å². The number of nitrogens with one attached hydrogen (secondary N) is 2. The molecule has 7 heteroatoms. The van der Waals surface area contributed by atoms with E-state index in [1.54, 1.807) is 18.1 Å². The summed E-state index contributed by atoms with van der Waals surface area (Å²) in [5.74, 6) is 0.690. The van der Waals surface area contributed by atoms with Crippen molar-refractivity contribution in [2.24, 2.45) is 4.99 Å². The minimum Gasteiger partial charge on any atom is -0.373 e. The van der Waals surface area contributed by atoms with Crippen LogP contribution in [0.5, 0.6) is 0 Å². The lowest BCUT2D eigenvalue weighted by Crippen LogP contribution is -2.49. The average molecular weight is 345 g/mol. The molecule has 3 unspecified atom stereocenters. The average Bonchev–Trinajstić information content (AvgIpc) is 3.26. The van der Waals surface area contributed by atoms with Crippen LogP contribution in [-0.2, 0) is 16.0 Å². The number of ether oxygens (including phenoxy) is 1. The van der Waals surface area contributed by atoms with Crippen LogP contribution in [0.4, 0.5) is 0 Å². The fourth-order valence-corrected chi connectivity index (χ4v) is 3.41. The number of guanidine groups is 1. The van der Waals surface area contributed by atoms with E-state index in [1.807, 2.05) is 25.2 Å². The number of carbonyl (C=O) groups is 1. The molecule has 2 bridgehead atoms. The van der Waals surface area contributed by atoms with Crippen LogP contribution in [0.25, 0.3) is 0 Å². The second kappa shape index (κ2) is 8.29. The molecule has 7 nitrogen and oxygen atoms in total. The van der Waals surface area contributed by atoms with Gasteiger partial charge in [0.1, 0.15) is 0 Å². The topological polar surface area (TPSA) is 78.9 Å². The monoisotopic (exact) mass is 345 g/mol. The summed E-state index contributed by atoms with van der Waals surface area (Å²) in [7, 11) is 3.53. The van der Waals surface area contributed by atoms with E-state index in [2.05, 4.69) is 20.6 Å². The van der Waals surface area contributed by atoms with Gasteiger partial charge in [0.05, 0.1) is 24.8 Å². The Hall–Kier alpha value is -2.15. The molecule has 0 aliphatic carbocycles. The Morgan fingerprint density at radius 3 is 2.96 bits per heavy atom.